The third-order valence-electron chi connectivity index (χ3n) is 4.03. The Kier molecular flexibility index (Phi) is 9.58. The van der Waals surface area contributed by atoms with Crippen molar-refractivity contribution in [1.29, 1.82) is 0 Å². The lowest BCUT2D eigenvalue weighted by atomic mass is 9.85. The molecule has 0 atom stereocenters. The molecule has 0 unspecified atom stereocenters. The second kappa shape index (κ2) is 11.4. The molecule has 0 aromatic rings. The molecule has 1 saturated carbocycles. The summed E-state index contributed by atoms with van der Waals surface area (Å²) in [5.74, 6) is -0.0719. The second-order valence-corrected chi connectivity index (χ2v) is 5.73. The van der Waals surface area contributed by atoms with Crippen LogP contribution >= 0.6 is 0 Å². The van der Waals surface area contributed by atoms with E-state index >= 15 is 0 Å². The van der Waals surface area contributed by atoms with Gasteiger partial charge in [0.25, 0.3) is 0 Å². The Morgan fingerprint density at radius 2 is 1.62 bits per heavy atom. The number of methoxy groups -OCH3 is 1. The summed E-state index contributed by atoms with van der Waals surface area (Å²) in [6, 6.07) is 0. The number of hydrogen-bond donors (Lipinski definition) is 0. The van der Waals surface area contributed by atoms with Crippen LogP contribution in [0.3, 0.4) is 0 Å². The van der Waals surface area contributed by atoms with Crippen molar-refractivity contribution in [3.63, 3.8) is 0 Å². The van der Waals surface area contributed by atoms with Crippen LogP contribution in [0.4, 0.5) is 0 Å². The lowest BCUT2D eigenvalue weighted by Crippen LogP contribution is -2.06. The standard InChI is InChI=1S/C17H28O4/c1-20-16(18)12-13-17(19)21-14-8-3-2-5-9-15-10-6-4-7-11-15/h12-13,15H,2-11,14H2,1H3/b13-12+. The fourth-order valence-electron chi connectivity index (χ4n) is 2.79. The molecule has 0 spiro atoms. The Balaban J connectivity index is 1.91. The van der Waals surface area contributed by atoms with Crippen molar-refractivity contribution >= 4 is 11.9 Å². The molecule has 0 aromatic heterocycles. The Hall–Kier alpha value is -1.32. The van der Waals surface area contributed by atoms with Crippen LogP contribution in [-0.2, 0) is 19.1 Å². The summed E-state index contributed by atoms with van der Waals surface area (Å²) in [7, 11) is 1.27. The highest BCUT2D eigenvalue weighted by molar-refractivity contribution is 5.91. The fraction of sp³-hybridized carbons (Fsp3) is 0.765. The largest absolute Gasteiger partial charge is 0.466 e. The van der Waals surface area contributed by atoms with Gasteiger partial charge in [-0.2, -0.15) is 0 Å². The van der Waals surface area contributed by atoms with Gasteiger partial charge in [-0.3, -0.25) is 0 Å². The van der Waals surface area contributed by atoms with Crippen LogP contribution in [0.2, 0.25) is 0 Å². The average Bonchev–Trinajstić information content (AvgIpc) is 2.52. The Morgan fingerprint density at radius 3 is 2.33 bits per heavy atom. The highest BCUT2D eigenvalue weighted by atomic mass is 16.5. The number of carbonyl (C=O) groups excluding carboxylic acids is 2. The molecule has 0 aromatic carbocycles. The Bertz CT molecular complexity index is 330. The van der Waals surface area contributed by atoms with Crippen LogP contribution in [0.25, 0.3) is 0 Å². The minimum absolute atomic E-state index is 0.424. The molecule has 0 aliphatic heterocycles. The molecule has 1 fully saturated rings. The number of esters is 2. The van der Waals surface area contributed by atoms with Gasteiger partial charge >= 0.3 is 11.9 Å². The molecule has 0 N–H and O–H groups in total. The normalized spacial score (nSPS) is 16.0. The van der Waals surface area contributed by atoms with Gasteiger partial charge in [-0.1, -0.05) is 57.8 Å². The van der Waals surface area contributed by atoms with Crippen LogP contribution in [0, 0.1) is 5.92 Å². The number of hydrogen-bond acceptors (Lipinski definition) is 4. The van der Waals surface area contributed by atoms with Crippen molar-refractivity contribution < 1.29 is 19.1 Å². The molecule has 0 heterocycles. The van der Waals surface area contributed by atoms with Gasteiger partial charge in [0.1, 0.15) is 0 Å². The predicted molar refractivity (Wildman–Crippen MR) is 81.8 cm³/mol. The first kappa shape index (κ1) is 17.7. The third kappa shape index (κ3) is 9.27. The van der Waals surface area contributed by atoms with E-state index in [9.17, 15) is 9.59 Å². The molecule has 4 nitrogen and oxygen atoms in total. The number of carbonyl (C=O) groups is 2. The zero-order valence-electron chi connectivity index (χ0n) is 13.1. The van der Waals surface area contributed by atoms with E-state index in [1.54, 1.807) is 0 Å². The van der Waals surface area contributed by atoms with Gasteiger partial charge in [-0.05, 0) is 12.3 Å². The summed E-state index contributed by atoms with van der Waals surface area (Å²) < 4.78 is 9.39. The van der Waals surface area contributed by atoms with Crippen molar-refractivity contribution in [2.45, 2.75) is 64.2 Å². The van der Waals surface area contributed by atoms with Gasteiger partial charge in [-0.25, -0.2) is 9.59 Å². The first-order valence-corrected chi connectivity index (χ1v) is 8.15. The van der Waals surface area contributed by atoms with Crippen molar-refractivity contribution in [2.24, 2.45) is 5.92 Å². The zero-order chi connectivity index (χ0) is 15.3. The second-order valence-electron chi connectivity index (χ2n) is 5.73. The maximum atomic E-state index is 11.2. The molecule has 0 saturated heterocycles. The monoisotopic (exact) mass is 296 g/mol. The predicted octanol–water partition coefficient (Wildman–Crippen LogP) is 3.79. The first-order chi connectivity index (χ1) is 10.2. The fourth-order valence-corrected chi connectivity index (χ4v) is 2.79. The van der Waals surface area contributed by atoms with Crippen molar-refractivity contribution in [2.75, 3.05) is 13.7 Å². The lowest BCUT2D eigenvalue weighted by Gasteiger charge is -2.21. The van der Waals surface area contributed by atoms with Crippen molar-refractivity contribution in [3.8, 4) is 0 Å². The number of rotatable bonds is 9. The van der Waals surface area contributed by atoms with Crippen LogP contribution in [0.1, 0.15) is 64.2 Å². The van der Waals surface area contributed by atoms with Crippen LogP contribution < -0.4 is 0 Å². The lowest BCUT2D eigenvalue weighted by molar-refractivity contribution is -0.139. The summed E-state index contributed by atoms with van der Waals surface area (Å²) in [6.07, 6.45) is 15.1. The molecular weight excluding hydrogens is 268 g/mol. The van der Waals surface area contributed by atoms with Crippen LogP contribution in [-0.4, -0.2) is 25.7 Å². The van der Waals surface area contributed by atoms with Gasteiger partial charge in [-0.15, -0.1) is 0 Å². The van der Waals surface area contributed by atoms with E-state index in [2.05, 4.69) is 4.74 Å². The minimum Gasteiger partial charge on any atom is -0.466 e. The Morgan fingerprint density at radius 1 is 0.952 bits per heavy atom. The minimum atomic E-state index is -0.547. The molecule has 1 aliphatic carbocycles. The number of unbranched alkanes of at least 4 members (excludes halogenated alkanes) is 3. The summed E-state index contributed by atoms with van der Waals surface area (Å²) in [4.78, 5) is 22.0. The molecule has 1 aliphatic rings. The van der Waals surface area contributed by atoms with Crippen LogP contribution in [0.5, 0.6) is 0 Å². The molecule has 0 bridgehead atoms. The van der Waals surface area contributed by atoms with E-state index in [1.807, 2.05) is 0 Å². The highest BCUT2D eigenvalue weighted by Crippen LogP contribution is 2.27. The smallest absolute Gasteiger partial charge is 0.331 e. The molecule has 120 valence electrons. The van der Waals surface area contributed by atoms with E-state index in [0.717, 1.165) is 30.9 Å². The Labute approximate surface area is 127 Å². The average molecular weight is 296 g/mol. The molecular formula is C17H28O4. The van der Waals surface area contributed by atoms with Gasteiger partial charge in [0, 0.05) is 12.2 Å². The zero-order valence-corrected chi connectivity index (χ0v) is 13.1. The SMILES string of the molecule is COC(=O)/C=C/C(=O)OCCCCCCC1CCCCC1. The quantitative estimate of drug-likeness (QED) is 0.369. The van der Waals surface area contributed by atoms with E-state index in [4.69, 9.17) is 4.74 Å². The molecule has 21 heavy (non-hydrogen) atoms. The molecule has 0 radical (unpaired) electrons. The van der Waals surface area contributed by atoms with Gasteiger partial charge in [0.2, 0.25) is 0 Å². The summed E-state index contributed by atoms with van der Waals surface area (Å²) in [6.45, 7) is 0.424. The molecule has 1 rings (SSSR count). The van der Waals surface area contributed by atoms with E-state index in [0.29, 0.717) is 6.61 Å². The number of ether oxygens (including phenoxy) is 2. The van der Waals surface area contributed by atoms with E-state index < -0.39 is 11.9 Å². The van der Waals surface area contributed by atoms with Gasteiger partial charge < -0.3 is 9.47 Å². The topological polar surface area (TPSA) is 52.6 Å². The van der Waals surface area contributed by atoms with E-state index in [1.165, 1.54) is 58.5 Å². The maximum Gasteiger partial charge on any atom is 0.331 e. The highest BCUT2D eigenvalue weighted by Gasteiger charge is 2.12. The van der Waals surface area contributed by atoms with Gasteiger partial charge in [0.05, 0.1) is 13.7 Å². The van der Waals surface area contributed by atoms with Gasteiger partial charge in [0.15, 0.2) is 0 Å². The summed E-state index contributed by atoms with van der Waals surface area (Å²) in [5.41, 5.74) is 0. The van der Waals surface area contributed by atoms with E-state index in [-0.39, 0.29) is 0 Å². The molecule has 0 amide bonds. The summed E-state index contributed by atoms with van der Waals surface area (Å²) >= 11 is 0. The first-order valence-electron chi connectivity index (χ1n) is 8.15. The van der Waals surface area contributed by atoms with Crippen molar-refractivity contribution in [3.05, 3.63) is 12.2 Å². The molecule has 4 heteroatoms. The van der Waals surface area contributed by atoms with Crippen molar-refractivity contribution in [1.82, 2.24) is 0 Å². The maximum absolute atomic E-state index is 11.2. The third-order valence-corrected chi connectivity index (χ3v) is 4.03. The van der Waals surface area contributed by atoms with Crippen LogP contribution in [0.15, 0.2) is 12.2 Å². The summed E-state index contributed by atoms with van der Waals surface area (Å²) in [5, 5.41) is 0.